The highest BCUT2D eigenvalue weighted by molar-refractivity contribution is 7.14. The van der Waals surface area contributed by atoms with Gasteiger partial charge in [0, 0.05) is 11.0 Å². The number of allylic oxidation sites excluding steroid dienone is 5. The molecule has 2 heterocycles. The van der Waals surface area contributed by atoms with Crippen molar-refractivity contribution in [2.75, 3.05) is 11.9 Å². The van der Waals surface area contributed by atoms with Crippen LogP contribution in [0.2, 0.25) is 0 Å². The van der Waals surface area contributed by atoms with Gasteiger partial charge in [-0.25, -0.2) is 4.98 Å². The van der Waals surface area contributed by atoms with Gasteiger partial charge in [0.1, 0.15) is 6.54 Å². The van der Waals surface area contributed by atoms with Crippen LogP contribution in [-0.4, -0.2) is 34.2 Å². The van der Waals surface area contributed by atoms with Crippen LogP contribution in [0.25, 0.3) is 5.57 Å². The van der Waals surface area contributed by atoms with E-state index >= 15 is 0 Å². The number of nitrogens with zero attached hydrogens (tertiary/aromatic N) is 2. The number of aromatic nitrogens is 1. The van der Waals surface area contributed by atoms with Gasteiger partial charge >= 0.3 is 0 Å². The summed E-state index contributed by atoms with van der Waals surface area (Å²) in [6.45, 7) is 5.31. The molecule has 0 aliphatic carbocycles. The van der Waals surface area contributed by atoms with Crippen molar-refractivity contribution < 1.29 is 14.4 Å². The molecule has 0 unspecified atom stereocenters. The Morgan fingerprint density at radius 3 is 2.52 bits per heavy atom. The van der Waals surface area contributed by atoms with Crippen LogP contribution in [-0.2, 0) is 4.79 Å². The van der Waals surface area contributed by atoms with Crippen LogP contribution < -0.4 is 5.32 Å². The summed E-state index contributed by atoms with van der Waals surface area (Å²) in [4.78, 5) is 42.2. The molecule has 1 N–H and O–H groups in total. The number of nitrogens with one attached hydrogen (secondary N) is 1. The van der Waals surface area contributed by atoms with Gasteiger partial charge in [0.05, 0.1) is 16.8 Å². The number of imide groups is 1. The Bertz CT molecular complexity index is 953. The molecule has 1 aromatic carbocycles. The van der Waals surface area contributed by atoms with Crippen LogP contribution in [0.5, 0.6) is 0 Å². The SMILES string of the molecule is C=CC(=CC=CC)c1csc(NC(=O)CN2C(=O)c3ccccc3C2=O)n1. The van der Waals surface area contributed by atoms with E-state index in [2.05, 4.69) is 16.9 Å². The van der Waals surface area contributed by atoms with E-state index in [1.165, 1.54) is 11.3 Å². The summed E-state index contributed by atoms with van der Waals surface area (Å²) in [7, 11) is 0. The van der Waals surface area contributed by atoms with E-state index in [-0.39, 0.29) is 6.54 Å². The lowest BCUT2D eigenvalue weighted by Crippen LogP contribution is -2.37. The Balaban J connectivity index is 1.68. The molecule has 136 valence electrons. The van der Waals surface area contributed by atoms with E-state index in [4.69, 9.17) is 0 Å². The second-order valence-corrected chi connectivity index (χ2v) is 6.54. The lowest BCUT2D eigenvalue weighted by Gasteiger charge is -2.12. The molecule has 0 bridgehead atoms. The van der Waals surface area contributed by atoms with Crippen molar-refractivity contribution in [1.29, 1.82) is 0 Å². The average molecular weight is 379 g/mol. The molecule has 0 atom stereocenters. The molecule has 2 aromatic rings. The van der Waals surface area contributed by atoms with Gasteiger partial charge in [-0.1, -0.05) is 43.0 Å². The number of hydrogen-bond donors (Lipinski definition) is 1. The summed E-state index contributed by atoms with van der Waals surface area (Å²) in [5, 5.41) is 4.82. The zero-order valence-corrected chi connectivity index (χ0v) is 15.5. The van der Waals surface area contributed by atoms with Gasteiger partial charge < -0.3 is 5.32 Å². The monoisotopic (exact) mass is 379 g/mol. The predicted molar refractivity (Wildman–Crippen MR) is 106 cm³/mol. The summed E-state index contributed by atoms with van der Waals surface area (Å²) in [6.07, 6.45) is 7.31. The number of amides is 3. The number of anilines is 1. The van der Waals surface area contributed by atoms with Crippen LogP contribution >= 0.6 is 11.3 Å². The van der Waals surface area contributed by atoms with Crippen LogP contribution in [0.3, 0.4) is 0 Å². The molecular formula is C20H17N3O3S. The van der Waals surface area contributed by atoms with Crippen molar-refractivity contribution in [3.63, 3.8) is 0 Å². The predicted octanol–water partition coefficient (Wildman–Crippen LogP) is 3.52. The third-order valence-electron chi connectivity index (χ3n) is 3.91. The molecule has 27 heavy (non-hydrogen) atoms. The molecule has 6 nitrogen and oxygen atoms in total. The van der Waals surface area contributed by atoms with Crippen molar-refractivity contribution in [2.45, 2.75) is 6.92 Å². The maximum atomic E-state index is 12.3. The van der Waals surface area contributed by atoms with Gasteiger partial charge in [-0.05, 0) is 19.1 Å². The molecule has 3 amide bonds. The van der Waals surface area contributed by atoms with Crippen LogP contribution in [0.1, 0.15) is 33.3 Å². The number of hydrogen-bond acceptors (Lipinski definition) is 5. The number of carbonyl (C=O) groups excluding carboxylic acids is 3. The standard InChI is InChI=1S/C20H17N3O3S/c1-3-5-8-13(4-2)16-12-27-20(21-16)22-17(24)11-23-18(25)14-9-6-7-10-15(14)19(23)26/h3-10,12H,2,11H2,1H3,(H,21,22,24). The van der Waals surface area contributed by atoms with E-state index in [9.17, 15) is 14.4 Å². The summed E-state index contributed by atoms with van der Waals surface area (Å²) >= 11 is 1.26. The molecule has 7 heteroatoms. The smallest absolute Gasteiger partial charge is 0.262 e. The first-order chi connectivity index (χ1) is 13.0. The summed E-state index contributed by atoms with van der Waals surface area (Å²) in [6, 6.07) is 6.52. The quantitative estimate of drug-likeness (QED) is 0.615. The van der Waals surface area contributed by atoms with Gasteiger partial charge in [-0.3, -0.25) is 19.3 Å². The maximum absolute atomic E-state index is 12.3. The minimum Gasteiger partial charge on any atom is -0.300 e. The Kier molecular flexibility index (Phi) is 5.42. The highest BCUT2D eigenvalue weighted by atomic mass is 32.1. The zero-order chi connectivity index (χ0) is 19.4. The minimum atomic E-state index is -0.483. The summed E-state index contributed by atoms with van der Waals surface area (Å²) in [5.74, 6) is -1.41. The topological polar surface area (TPSA) is 79.4 Å². The number of fused-ring (bicyclic) bond motifs is 1. The van der Waals surface area contributed by atoms with E-state index in [0.717, 1.165) is 10.5 Å². The Hall–Kier alpha value is -3.32. The molecule has 0 saturated carbocycles. The second-order valence-electron chi connectivity index (χ2n) is 5.68. The largest absolute Gasteiger partial charge is 0.300 e. The highest BCUT2D eigenvalue weighted by Crippen LogP contribution is 2.24. The number of thiazole rings is 1. The second kappa shape index (κ2) is 7.92. The molecule has 1 aliphatic heterocycles. The Labute approximate surface area is 160 Å². The maximum Gasteiger partial charge on any atom is 0.262 e. The van der Waals surface area contributed by atoms with Crippen LogP contribution in [0, 0.1) is 0 Å². The van der Waals surface area contributed by atoms with Gasteiger partial charge in [0.2, 0.25) is 5.91 Å². The molecular weight excluding hydrogens is 362 g/mol. The summed E-state index contributed by atoms with van der Waals surface area (Å²) < 4.78 is 0. The van der Waals surface area contributed by atoms with Gasteiger partial charge in [-0.15, -0.1) is 11.3 Å². The molecule has 0 saturated heterocycles. The van der Waals surface area contributed by atoms with Crippen LogP contribution in [0.4, 0.5) is 5.13 Å². The fraction of sp³-hybridized carbons (Fsp3) is 0.100. The first-order valence-electron chi connectivity index (χ1n) is 8.21. The number of carbonyl (C=O) groups is 3. The van der Waals surface area contributed by atoms with E-state index < -0.39 is 17.7 Å². The first kappa shape index (κ1) is 18.5. The van der Waals surface area contributed by atoms with E-state index in [0.29, 0.717) is 22.0 Å². The summed E-state index contributed by atoms with van der Waals surface area (Å²) in [5.41, 5.74) is 2.14. The Morgan fingerprint density at radius 2 is 1.93 bits per heavy atom. The molecule has 0 fully saturated rings. The highest BCUT2D eigenvalue weighted by Gasteiger charge is 2.36. The van der Waals surface area contributed by atoms with Crippen molar-refractivity contribution in [3.05, 3.63) is 77.3 Å². The van der Waals surface area contributed by atoms with E-state index in [1.807, 2.05) is 25.2 Å². The van der Waals surface area contributed by atoms with Crippen molar-refractivity contribution >= 4 is 39.8 Å². The van der Waals surface area contributed by atoms with Crippen molar-refractivity contribution in [2.24, 2.45) is 0 Å². The van der Waals surface area contributed by atoms with E-state index in [1.54, 1.807) is 35.7 Å². The average Bonchev–Trinajstić information content (AvgIpc) is 3.22. The molecule has 3 rings (SSSR count). The zero-order valence-electron chi connectivity index (χ0n) is 14.6. The van der Waals surface area contributed by atoms with Gasteiger partial charge in [-0.2, -0.15) is 0 Å². The third-order valence-corrected chi connectivity index (χ3v) is 4.67. The van der Waals surface area contributed by atoms with Gasteiger partial charge in [0.25, 0.3) is 11.8 Å². The third kappa shape index (κ3) is 3.78. The first-order valence-corrected chi connectivity index (χ1v) is 9.09. The molecule has 0 radical (unpaired) electrons. The number of rotatable bonds is 6. The van der Waals surface area contributed by atoms with Crippen LogP contribution in [0.15, 0.2) is 60.5 Å². The molecule has 1 aromatic heterocycles. The lowest BCUT2D eigenvalue weighted by molar-refractivity contribution is -0.116. The molecule has 0 spiro atoms. The minimum absolute atomic E-state index is 0.316. The van der Waals surface area contributed by atoms with Crippen molar-refractivity contribution in [1.82, 2.24) is 9.88 Å². The Morgan fingerprint density at radius 1 is 1.26 bits per heavy atom. The van der Waals surface area contributed by atoms with Crippen molar-refractivity contribution in [3.8, 4) is 0 Å². The fourth-order valence-corrected chi connectivity index (χ4v) is 3.34. The normalized spacial score (nSPS) is 14.0. The molecule has 1 aliphatic rings. The lowest BCUT2D eigenvalue weighted by atomic mass is 10.1. The number of benzene rings is 1. The fourth-order valence-electron chi connectivity index (χ4n) is 2.61. The van der Waals surface area contributed by atoms with Gasteiger partial charge in [0.15, 0.2) is 5.13 Å².